The average molecular weight is 195 g/mol. The van der Waals surface area contributed by atoms with Crippen molar-refractivity contribution in [3.05, 3.63) is 24.8 Å². The van der Waals surface area contributed by atoms with Crippen LogP contribution in [0.4, 0.5) is 0 Å². The molecule has 3 nitrogen and oxygen atoms in total. The molecule has 0 amide bonds. The molecular weight excluding hydrogens is 174 g/mol. The molecular formula is C11H21N3. The fourth-order valence-corrected chi connectivity index (χ4v) is 0.731. The summed E-state index contributed by atoms with van der Waals surface area (Å²) in [6, 6.07) is 0. The van der Waals surface area contributed by atoms with E-state index in [4.69, 9.17) is 5.41 Å². The van der Waals surface area contributed by atoms with Crippen molar-refractivity contribution in [1.82, 2.24) is 9.55 Å². The molecule has 0 radical (unpaired) electrons. The maximum atomic E-state index is 6.97. The third-order valence-corrected chi connectivity index (χ3v) is 1.23. The van der Waals surface area contributed by atoms with E-state index in [1.54, 1.807) is 17.1 Å². The van der Waals surface area contributed by atoms with Crippen LogP contribution in [-0.2, 0) is 0 Å². The summed E-state index contributed by atoms with van der Waals surface area (Å²) in [7, 11) is 0. The van der Waals surface area contributed by atoms with E-state index in [1.165, 1.54) is 6.21 Å². The van der Waals surface area contributed by atoms with Crippen LogP contribution in [0.2, 0.25) is 0 Å². The lowest BCUT2D eigenvalue weighted by molar-refractivity contribution is 1.07. The van der Waals surface area contributed by atoms with Crippen molar-refractivity contribution in [2.45, 2.75) is 34.6 Å². The highest BCUT2D eigenvalue weighted by molar-refractivity contribution is 5.76. The van der Waals surface area contributed by atoms with Gasteiger partial charge in [-0.3, -0.25) is 0 Å². The Morgan fingerprint density at radius 3 is 2.21 bits per heavy atom. The Labute approximate surface area is 87.0 Å². The van der Waals surface area contributed by atoms with Gasteiger partial charge in [-0.05, 0) is 6.92 Å². The Balaban J connectivity index is 0. The molecule has 0 fully saturated rings. The molecule has 0 aromatic carbocycles. The van der Waals surface area contributed by atoms with Crippen molar-refractivity contribution in [2.75, 3.05) is 0 Å². The van der Waals surface area contributed by atoms with E-state index >= 15 is 0 Å². The third kappa shape index (κ3) is 4.60. The van der Waals surface area contributed by atoms with E-state index in [9.17, 15) is 0 Å². The van der Waals surface area contributed by atoms with E-state index < -0.39 is 0 Å². The summed E-state index contributed by atoms with van der Waals surface area (Å²) in [6.07, 6.45) is 4.52. The molecule has 1 N–H and O–H groups in total. The largest absolute Gasteiger partial charge is 0.307 e. The number of hydrogen-bond acceptors (Lipinski definition) is 2. The maximum absolute atomic E-state index is 6.97. The van der Waals surface area contributed by atoms with Crippen LogP contribution in [0.15, 0.2) is 19.1 Å². The number of nitrogens with one attached hydrogen (secondary N) is 1. The molecule has 3 heteroatoms. The van der Waals surface area contributed by atoms with Crippen molar-refractivity contribution >= 4 is 11.9 Å². The van der Waals surface area contributed by atoms with Gasteiger partial charge in [0.15, 0.2) is 0 Å². The highest BCUT2D eigenvalue weighted by Crippen LogP contribution is 2.02. The van der Waals surface area contributed by atoms with Crippen LogP contribution in [0.25, 0.3) is 5.70 Å². The van der Waals surface area contributed by atoms with Gasteiger partial charge in [-0.2, -0.15) is 0 Å². The molecule has 0 saturated heterocycles. The molecule has 1 aromatic rings. The van der Waals surface area contributed by atoms with Crippen LogP contribution in [0.5, 0.6) is 0 Å². The first-order valence-electron chi connectivity index (χ1n) is 4.94. The van der Waals surface area contributed by atoms with E-state index in [0.717, 1.165) is 11.4 Å². The van der Waals surface area contributed by atoms with Crippen molar-refractivity contribution in [3.8, 4) is 0 Å². The quantitative estimate of drug-likeness (QED) is 0.722. The fraction of sp³-hybridized carbons (Fsp3) is 0.455. The topological polar surface area (TPSA) is 41.7 Å². The van der Waals surface area contributed by atoms with Crippen LogP contribution >= 0.6 is 0 Å². The summed E-state index contributed by atoms with van der Waals surface area (Å²) in [5, 5.41) is 6.97. The zero-order valence-corrected chi connectivity index (χ0v) is 9.83. The average Bonchev–Trinajstić information content (AvgIpc) is 2.71. The first-order chi connectivity index (χ1) is 6.75. The van der Waals surface area contributed by atoms with Gasteiger partial charge in [0.25, 0.3) is 0 Å². The van der Waals surface area contributed by atoms with Crippen LogP contribution < -0.4 is 0 Å². The Bertz CT molecular complexity index is 261. The van der Waals surface area contributed by atoms with Gasteiger partial charge in [-0.15, -0.1) is 0 Å². The highest BCUT2D eigenvalue weighted by Gasteiger charge is 1.96. The first-order valence-corrected chi connectivity index (χ1v) is 4.94. The molecule has 0 aliphatic rings. The van der Waals surface area contributed by atoms with Gasteiger partial charge < -0.3 is 9.98 Å². The van der Waals surface area contributed by atoms with Gasteiger partial charge in [0.05, 0.1) is 18.2 Å². The van der Waals surface area contributed by atoms with Gasteiger partial charge in [-0.1, -0.05) is 34.3 Å². The Morgan fingerprint density at radius 2 is 1.93 bits per heavy atom. The second-order valence-electron chi connectivity index (χ2n) is 2.07. The summed E-state index contributed by atoms with van der Waals surface area (Å²) >= 11 is 0. The Hall–Kier alpha value is -1.38. The number of allylic oxidation sites excluding steroid dienone is 1. The Morgan fingerprint density at radius 1 is 1.43 bits per heavy atom. The van der Waals surface area contributed by atoms with Crippen LogP contribution in [-0.4, -0.2) is 15.8 Å². The lowest BCUT2D eigenvalue weighted by Crippen LogP contribution is -1.94. The van der Waals surface area contributed by atoms with Gasteiger partial charge >= 0.3 is 0 Å². The smallest absolute Gasteiger partial charge is 0.0994 e. The van der Waals surface area contributed by atoms with Crippen LogP contribution in [0.1, 0.15) is 40.3 Å². The zero-order chi connectivity index (χ0) is 11.6. The molecule has 0 spiro atoms. The summed E-state index contributed by atoms with van der Waals surface area (Å²) in [4.78, 5) is 3.87. The minimum Gasteiger partial charge on any atom is -0.307 e. The third-order valence-electron chi connectivity index (χ3n) is 1.23. The molecule has 1 heterocycles. The van der Waals surface area contributed by atoms with E-state index in [0.29, 0.717) is 0 Å². The normalized spacial score (nSPS) is 7.50. The molecule has 14 heavy (non-hydrogen) atoms. The van der Waals surface area contributed by atoms with Crippen molar-refractivity contribution < 1.29 is 0 Å². The standard InChI is InChI=1S/C7H9N3.2C2H6/c1-6(2)10-5-9-4-7(10)3-8;2*1-2/h3-5,8H,1H2,2H3;2*1-2H3. The zero-order valence-electron chi connectivity index (χ0n) is 9.83. The molecule has 0 unspecified atom stereocenters. The minimum atomic E-state index is 0.757. The highest BCUT2D eigenvalue weighted by atomic mass is 15.0. The van der Waals surface area contributed by atoms with Crippen LogP contribution in [0, 0.1) is 5.41 Å². The monoisotopic (exact) mass is 195 g/mol. The predicted octanol–water partition coefficient (Wildman–Crippen LogP) is 3.42. The van der Waals surface area contributed by atoms with Crippen molar-refractivity contribution in [3.63, 3.8) is 0 Å². The summed E-state index contributed by atoms with van der Waals surface area (Å²) in [5.41, 5.74) is 1.63. The van der Waals surface area contributed by atoms with Gasteiger partial charge in [-0.25, -0.2) is 4.98 Å². The fourth-order valence-electron chi connectivity index (χ4n) is 0.731. The van der Waals surface area contributed by atoms with Gasteiger partial charge in [0, 0.05) is 11.9 Å². The lowest BCUT2D eigenvalue weighted by Gasteiger charge is -2.00. The number of rotatable bonds is 2. The lowest BCUT2D eigenvalue weighted by atomic mass is 10.4. The molecule has 1 rings (SSSR count). The number of nitrogens with zero attached hydrogens (tertiary/aromatic N) is 2. The molecule has 1 aromatic heterocycles. The molecule has 0 bridgehead atoms. The van der Waals surface area contributed by atoms with Gasteiger partial charge in [0.2, 0.25) is 0 Å². The maximum Gasteiger partial charge on any atom is 0.0994 e. The first kappa shape index (κ1) is 15.1. The number of hydrogen-bond donors (Lipinski definition) is 1. The SMILES string of the molecule is C=C(C)n1cncc1C=N.CC.CC. The van der Waals surface area contributed by atoms with Crippen LogP contribution in [0.3, 0.4) is 0 Å². The summed E-state index contributed by atoms with van der Waals surface area (Å²) < 4.78 is 1.76. The predicted molar refractivity (Wildman–Crippen MR) is 63.8 cm³/mol. The van der Waals surface area contributed by atoms with Crippen molar-refractivity contribution in [1.29, 1.82) is 5.41 Å². The molecule has 0 aliphatic heterocycles. The molecule has 0 aliphatic carbocycles. The van der Waals surface area contributed by atoms with E-state index in [1.807, 2.05) is 34.6 Å². The molecule has 0 atom stereocenters. The van der Waals surface area contributed by atoms with E-state index in [2.05, 4.69) is 11.6 Å². The second-order valence-corrected chi connectivity index (χ2v) is 2.07. The number of aromatic nitrogens is 2. The second kappa shape index (κ2) is 9.71. The molecule has 0 saturated carbocycles. The van der Waals surface area contributed by atoms with E-state index in [-0.39, 0.29) is 0 Å². The van der Waals surface area contributed by atoms with Gasteiger partial charge in [0.1, 0.15) is 0 Å². The molecule has 80 valence electrons. The Kier molecular flexibility index (Phi) is 10.5. The summed E-state index contributed by atoms with van der Waals surface area (Å²) in [6.45, 7) is 13.6. The number of imidazole rings is 1. The van der Waals surface area contributed by atoms with Crippen molar-refractivity contribution in [2.24, 2.45) is 0 Å². The summed E-state index contributed by atoms with van der Waals surface area (Å²) in [5.74, 6) is 0. The minimum absolute atomic E-state index is 0.757.